The molecule has 3 heterocycles. The Bertz CT molecular complexity index is 2600. The molecule has 49 heavy (non-hydrogen) atoms. The summed E-state index contributed by atoms with van der Waals surface area (Å²) in [6.07, 6.45) is 3.69. The Hall–Kier alpha value is -6.59. The molecule has 5 heteroatoms. The van der Waals surface area contributed by atoms with Crippen LogP contribution >= 0.6 is 0 Å². The van der Waals surface area contributed by atoms with E-state index >= 15 is 0 Å². The predicted molar refractivity (Wildman–Crippen MR) is 197 cm³/mol. The van der Waals surface area contributed by atoms with Crippen LogP contribution in [0.1, 0.15) is 26.3 Å². The van der Waals surface area contributed by atoms with Gasteiger partial charge in [0.05, 0.1) is 33.5 Å². The Labute approximate surface area is 283 Å². The topological polar surface area (TPSA) is 55.2 Å². The second kappa shape index (κ2) is 11.3. The van der Waals surface area contributed by atoms with E-state index in [0.29, 0.717) is 22.5 Å². The van der Waals surface area contributed by atoms with Crippen molar-refractivity contribution in [2.24, 2.45) is 0 Å². The number of amides is 2. The van der Waals surface area contributed by atoms with Crippen LogP contribution in [0.2, 0.25) is 0 Å². The lowest BCUT2D eigenvalue weighted by molar-refractivity contribution is 0.0926. The Morgan fingerprint density at radius 1 is 0.490 bits per heavy atom. The van der Waals surface area contributed by atoms with Gasteiger partial charge < -0.3 is 4.57 Å². The second-order valence-electron chi connectivity index (χ2n) is 12.4. The molecule has 0 unspecified atom stereocenters. The number of fused-ring (bicyclic) bond motifs is 4. The van der Waals surface area contributed by atoms with Crippen LogP contribution in [0.3, 0.4) is 0 Å². The molecule has 0 N–H and O–H groups in total. The summed E-state index contributed by atoms with van der Waals surface area (Å²) in [5, 5.41) is 2.14. The number of imide groups is 1. The molecule has 9 rings (SSSR count). The van der Waals surface area contributed by atoms with Crippen molar-refractivity contribution in [2.75, 3.05) is 4.90 Å². The standard InChI is InChI=1S/C44H29N3O2/c1-28-27-45-24-23-33(28)32-20-22-39-37(25-32)35-15-8-9-17-38(35)46(39)40-18-10-16-36-42(40)44(49)47(43(36)48)41-26-31(29-11-4-2-5-12-29)19-21-34(41)30-13-6-3-7-14-30/h2-27H,1H3. The van der Waals surface area contributed by atoms with E-state index in [2.05, 4.69) is 46.8 Å². The summed E-state index contributed by atoms with van der Waals surface area (Å²) in [4.78, 5) is 34.8. The van der Waals surface area contributed by atoms with E-state index in [9.17, 15) is 9.59 Å². The number of anilines is 1. The van der Waals surface area contributed by atoms with Gasteiger partial charge in [-0.3, -0.25) is 14.6 Å². The van der Waals surface area contributed by atoms with Gasteiger partial charge in [-0.25, -0.2) is 4.90 Å². The second-order valence-corrected chi connectivity index (χ2v) is 12.4. The summed E-state index contributed by atoms with van der Waals surface area (Å²) in [5.74, 6) is -0.673. The molecule has 0 bridgehead atoms. The molecule has 1 aliphatic rings. The molecule has 2 amide bonds. The van der Waals surface area contributed by atoms with Crippen LogP contribution in [0.4, 0.5) is 5.69 Å². The van der Waals surface area contributed by atoms with Crippen molar-refractivity contribution < 1.29 is 9.59 Å². The quantitative estimate of drug-likeness (QED) is 0.178. The zero-order valence-electron chi connectivity index (χ0n) is 26.7. The van der Waals surface area contributed by atoms with Crippen molar-refractivity contribution in [1.82, 2.24) is 9.55 Å². The van der Waals surface area contributed by atoms with Gasteiger partial charge >= 0.3 is 0 Å². The lowest BCUT2D eigenvalue weighted by Crippen LogP contribution is -2.30. The summed E-state index contributed by atoms with van der Waals surface area (Å²) in [5.41, 5.74) is 10.9. The Morgan fingerprint density at radius 3 is 2.00 bits per heavy atom. The van der Waals surface area contributed by atoms with Crippen LogP contribution < -0.4 is 4.90 Å². The van der Waals surface area contributed by atoms with Gasteiger partial charge in [-0.2, -0.15) is 0 Å². The highest BCUT2D eigenvalue weighted by Crippen LogP contribution is 2.42. The van der Waals surface area contributed by atoms with Crippen LogP contribution in [0.5, 0.6) is 0 Å². The number of hydrogen-bond acceptors (Lipinski definition) is 3. The molecule has 0 fully saturated rings. The van der Waals surface area contributed by atoms with Gasteiger partial charge in [0, 0.05) is 28.7 Å². The van der Waals surface area contributed by atoms with Gasteiger partial charge in [-0.05, 0) is 82.8 Å². The first-order valence-electron chi connectivity index (χ1n) is 16.3. The van der Waals surface area contributed by atoms with Gasteiger partial charge in [0.15, 0.2) is 0 Å². The van der Waals surface area contributed by atoms with Gasteiger partial charge in [0.25, 0.3) is 11.8 Å². The molecule has 6 aromatic carbocycles. The third-order valence-electron chi connectivity index (χ3n) is 9.57. The molecule has 2 aromatic heterocycles. The molecular weight excluding hydrogens is 603 g/mol. The normalized spacial score (nSPS) is 12.6. The third kappa shape index (κ3) is 4.51. The number of para-hydroxylation sites is 1. The van der Waals surface area contributed by atoms with Crippen molar-refractivity contribution in [3.63, 3.8) is 0 Å². The number of hydrogen-bond donors (Lipinski definition) is 0. The number of benzene rings is 6. The maximum absolute atomic E-state index is 14.8. The Balaban J connectivity index is 1.24. The average Bonchev–Trinajstić information content (AvgIpc) is 3.62. The molecule has 0 atom stereocenters. The van der Waals surface area contributed by atoms with Crippen molar-refractivity contribution in [1.29, 1.82) is 0 Å². The minimum atomic E-state index is -0.340. The Kier molecular flexibility index (Phi) is 6.59. The third-order valence-corrected chi connectivity index (χ3v) is 9.57. The van der Waals surface area contributed by atoms with Crippen LogP contribution in [-0.4, -0.2) is 21.4 Å². The summed E-state index contributed by atoms with van der Waals surface area (Å²) < 4.78 is 2.12. The lowest BCUT2D eigenvalue weighted by Gasteiger charge is -2.20. The number of carbonyl (C=O) groups excluding carboxylic acids is 2. The summed E-state index contributed by atoms with van der Waals surface area (Å²) in [6.45, 7) is 2.07. The number of rotatable bonds is 5. The van der Waals surface area contributed by atoms with Crippen molar-refractivity contribution in [2.45, 2.75) is 6.92 Å². The first kappa shape index (κ1) is 28.6. The van der Waals surface area contributed by atoms with Crippen molar-refractivity contribution >= 4 is 39.3 Å². The highest BCUT2D eigenvalue weighted by atomic mass is 16.2. The molecule has 232 valence electrons. The highest BCUT2D eigenvalue weighted by Gasteiger charge is 2.40. The van der Waals surface area contributed by atoms with Gasteiger partial charge in [-0.15, -0.1) is 0 Å². The van der Waals surface area contributed by atoms with Gasteiger partial charge in [-0.1, -0.05) is 103 Å². The van der Waals surface area contributed by atoms with E-state index in [1.54, 1.807) is 6.07 Å². The fourth-order valence-electron chi connectivity index (χ4n) is 7.26. The van der Waals surface area contributed by atoms with Crippen LogP contribution in [0.25, 0.3) is 60.9 Å². The molecule has 0 saturated heterocycles. The van der Waals surface area contributed by atoms with E-state index in [1.807, 2.05) is 122 Å². The van der Waals surface area contributed by atoms with Crippen molar-refractivity contribution in [3.05, 3.63) is 175 Å². The highest BCUT2D eigenvalue weighted by molar-refractivity contribution is 6.36. The van der Waals surface area contributed by atoms with Crippen molar-refractivity contribution in [3.8, 4) is 39.1 Å². The molecule has 0 saturated carbocycles. The summed E-state index contributed by atoms with van der Waals surface area (Å²) in [7, 11) is 0. The molecule has 0 aliphatic carbocycles. The zero-order chi connectivity index (χ0) is 33.1. The number of carbonyl (C=O) groups is 2. The maximum Gasteiger partial charge on any atom is 0.268 e. The zero-order valence-corrected chi connectivity index (χ0v) is 26.7. The van der Waals surface area contributed by atoms with E-state index in [-0.39, 0.29) is 11.8 Å². The maximum atomic E-state index is 14.8. The minimum absolute atomic E-state index is 0.333. The van der Waals surface area contributed by atoms with Gasteiger partial charge in [0.2, 0.25) is 0 Å². The molecular formula is C44H29N3O2. The minimum Gasteiger partial charge on any atom is -0.308 e. The molecule has 5 nitrogen and oxygen atoms in total. The van der Waals surface area contributed by atoms with Crippen LogP contribution in [-0.2, 0) is 0 Å². The number of nitrogens with zero attached hydrogens (tertiary/aromatic N) is 3. The van der Waals surface area contributed by atoms with E-state index < -0.39 is 0 Å². The lowest BCUT2D eigenvalue weighted by atomic mass is 9.97. The largest absolute Gasteiger partial charge is 0.308 e. The fourth-order valence-corrected chi connectivity index (χ4v) is 7.26. The molecule has 8 aromatic rings. The van der Waals surface area contributed by atoms with E-state index in [0.717, 1.165) is 60.8 Å². The molecule has 1 aliphatic heterocycles. The number of pyridine rings is 1. The average molecular weight is 632 g/mol. The number of aromatic nitrogens is 2. The predicted octanol–water partition coefficient (Wildman–Crippen LogP) is 10.3. The summed E-state index contributed by atoms with van der Waals surface area (Å²) >= 11 is 0. The summed E-state index contributed by atoms with van der Waals surface area (Å²) in [6, 6.07) is 48.2. The smallest absolute Gasteiger partial charge is 0.268 e. The van der Waals surface area contributed by atoms with Crippen LogP contribution in [0, 0.1) is 6.92 Å². The van der Waals surface area contributed by atoms with Gasteiger partial charge in [0.1, 0.15) is 0 Å². The SMILES string of the molecule is Cc1cnccc1-c1ccc2c(c1)c1ccccc1n2-c1cccc2c1C(=O)N(c1cc(-c3ccccc3)ccc1-c1ccccc1)C2=O. The monoisotopic (exact) mass is 631 g/mol. The first-order chi connectivity index (χ1) is 24.1. The van der Waals surface area contributed by atoms with E-state index in [1.165, 1.54) is 4.90 Å². The Morgan fingerprint density at radius 2 is 1.20 bits per heavy atom. The molecule has 0 spiro atoms. The molecule has 0 radical (unpaired) electrons. The number of aryl methyl sites for hydroxylation is 1. The van der Waals surface area contributed by atoms with E-state index in [4.69, 9.17) is 0 Å². The fraction of sp³-hybridized carbons (Fsp3) is 0.0227. The van der Waals surface area contributed by atoms with Crippen LogP contribution in [0.15, 0.2) is 158 Å². The first-order valence-corrected chi connectivity index (χ1v) is 16.3.